The smallest absolute Gasteiger partial charge is 0.417 e. The number of nitrogens with zero attached hydrogens (tertiary/aromatic N) is 1. The van der Waals surface area contributed by atoms with Crippen LogP contribution in [0.5, 0.6) is 0 Å². The molecule has 0 aromatic heterocycles. The molecule has 0 saturated carbocycles. The fourth-order valence-electron chi connectivity index (χ4n) is 3.14. The first-order valence-corrected chi connectivity index (χ1v) is 6.86. The number of nitrogens with one attached hydrogen (secondary N) is 1. The van der Waals surface area contributed by atoms with E-state index in [1.165, 1.54) is 11.0 Å². The van der Waals surface area contributed by atoms with Crippen LogP contribution in [0.4, 0.5) is 19.3 Å². The minimum absolute atomic E-state index is 0.243. The second-order valence-corrected chi connectivity index (χ2v) is 5.45. The maximum atomic E-state index is 13.5. The summed E-state index contributed by atoms with van der Waals surface area (Å²) in [6.07, 6.45) is -0.436. The molecular weight excluding hydrogens is 282 g/mol. The van der Waals surface area contributed by atoms with Crippen molar-refractivity contribution >= 4 is 11.8 Å². The molecule has 2 heterocycles. The second-order valence-electron chi connectivity index (χ2n) is 5.45. The van der Waals surface area contributed by atoms with E-state index < -0.39 is 29.6 Å². The Hall–Kier alpha value is -1.73. The van der Waals surface area contributed by atoms with Crippen molar-refractivity contribution in [3.05, 3.63) is 29.8 Å². The van der Waals surface area contributed by atoms with E-state index in [4.69, 9.17) is 4.74 Å². The monoisotopic (exact) mass is 298 g/mol. The molecule has 114 valence electrons. The van der Waals surface area contributed by atoms with Crippen molar-refractivity contribution in [1.29, 1.82) is 0 Å². The fraction of sp³-hybridized carbons (Fsp3) is 0.500. The Balaban J connectivity index is 2.02. The van der Waals surface area contributed by atoms with Crippen LogP contribution < -0.4 is 10.2 Å². The normalized spacial score (nSPS) is 25.0. The number of aliphatic hydroxyl groups is 1. The summed E-state index contributed by atoms with van der Waals surface area (Å²) in [5, 5.41) is 12.9. The first-order valence-electron chi connectivity index (χ1n) is 6.86. The Morgan fingerprint density at radius 3 is 2.67 bits per heavy atom. The number of amides is 1. The highest BCUT2D eigenvalue weighted by atomic mass is 19.2. The number of ether oxygens (including phenoxy) is 1. The Bertz CT molecular complexity index is 561. The van der Waals surface area contributed by atoms with Crippen LogP contribution in [0.2, 0.25) is 0 Å². The Labute approximate surface area is 120 Å². The quantitative estimate of drug-likeness (QED) is 0.829. The van der Waals surface area contributed by atoms with Crippen molar-refractivity contribution in [2.24, 2.45) is 0 Å². The van der Waals surface area contributed by atoms with E-state index in [9.17, 15) is 18.7 Å². The van der Waals surface area contributed by atoms with Gasteiger partial charge in [-0.25, -0.2) is 13.6 Å². The lowest BCUT2D eigenvalue weighted by Crippen LogP contribution is -2.62. The number of cyclic esters (lactones) is 1. The van der Waals surface area contributed by atoms with Gasteiger partial charge in [0.2, 0.25) is 6.29 Å². The largest absolute Gasteiger partial charge is 0.419 e. The molecule has 0 radical (unpaired) electrons. The molecule has 1 unspecified atom stereocenters. The van der Waals surface area contributed by atoms with Crippen molar-refractivity contribution < 1.29 is 23.4 Å². The zero-order valence-electron chi connectivity index (χ0n) is 11.3. The number of rotatable bonds is 1. The van der Waals surface area contributed by atoms with Crippen molar-refractivity contribution in [2.45, 2.75) is 31.1 Å². The van der Waals surface area contributed by atoms with Gasteiger partial charge in [-0.2, -0.15) is 0 Å². The summed E-state index contributed by atoms with van der Waals surface area (Å²) in [6, 6.07) is 3.32. The van der Waals surface area contributed by atoms with Gasteiger partial charge < -0.3 is 15.2 Å². The highest BCUT2D eigenvalue weighted by Crippen LogP contribution is 2.39. The van der Waals surface area contributed by atoms with Crippen LogP contribution in [-0.2, 0) is 4.74 Å². The standard InChI is InChI=1S/C14H16F2N2O3/c15-10-2-1-9(7-11(10)16)18-13(20)21-12(19)8-14(18)3-5-17-6-4-14/h1-2,7,12,17,19H,3-6,8H2. The van der Waals surface area contributed by atoms with Gasteiger partial charge in [-0.05, 0) is 38.1 Å². The van der Waals surface area contributed by atoms with Gasteiger partial charge in [0, 0.05) is 12.5 Å². The van der Waals surface area contributed by atoms with Gasteiger partial charge in [0.05, 0.1) is 11.2 Å². The SMILES string of the molecule is O=C1OC(O)CC2(CCNCC2)N1c1ccc(F)c(F)c1. The molecule has 1 atom stereocenters. The molecule has 2 saturated heterocycles. The van der Waals surface area contributed by atoms with Gasteiger partial charge in [-0.1, -0.05) is 0 Å². The van der Waals surface area contributed by atoms with Crippen molar-refractivity contribution in [3.8, 4) is 0 Å². The molecule has 1 aromatic rings. The Morgan fingerprint density at radius 1 is 1.29 bits per heavy atom. The number of carbonyl (C=O) groups excluding carboxylic acids is 1. The molecule has 1 aromatic carbocycles. The molecule has 21 heavy (non-hydrogen) atoms. The Kier molecular flexibility index (Phi) is 3.54. The second kappa shape index (κ2) is 5.23. The van der Waals surface area contributed by atoms with Gasteiger partial charge in [0.1, 0.15) is 0 Å². The topological polar surface area (TPSA) is 61.8 Å². The van der Waals surface area contributed by atoms with Crippen LogP contribution in [-0.4, -0.2) is 36.1 Å². The van der Waals surface area contributed by atoms with E-state index in [0.29, 0.717) is 25.9 Å². The lowest BCUT2D eigenvalue weighted by atomic mass is 9.82. The van der Waals surface area contributed by atoms with E-state index in [-0.39, 0.29) is 12.1 Å². The highest BCUT2D eigenvalue weighted by molar-refractivity contribution is 5.90. The molecule has 0 bridgehead atoms. The first-order chi connectivity index (χ1) is 10.0. The number of carbonyl (C=O) groups is 1. The van der Waals surface area contributed by atoms with Gasteiger partial charge >= 0.3 is 6.09 Å². The average Bonchev–Trinajstić information content (AvgIpc) is 2.42. The molecular formula is C14H16F2N2O3. The van der Waals surface area contributed by atoms with Crippen molar-refractivity contribution in [1.82, 2.24) is 5.32 Å². The highest BCUT2D eigenvalue weighted by Gasteiger charge is 2.48. The summed E-state index contributed by atoms with van der Waals surface area (Å²) in [6.45, 7) is 1.36. The minimum Gasteiger partial charge on any atom is -0.419 e. The molecule has 2 N–H and O–H groups in total. The van der Waals surface area contributed by atoms with Gasteiger partial charge in [0.15, 0.2) is 11.6 Å². The van der Waals surface area contributed by atoms with Crippen LogP contribution in [0.15, 0.2) is 18.2 Å². The summed E-state index contributed by atoms with van der Waals surface area (Å²) < 4.78 is 31.4. The van der Waals surface area contributed by atoms with E-state index in [1.54, 1.807) is 0 Å². The van der Waals surface area contributed by atoms with Crippen LogP contribution >= 0.6 is 0 Å². The summed E-state index contributed by atoms with van der Waals surface area (Å²) in [5.74, 6) is -1.99. The molecule has 5 nitrogen and oxygen atoms in total. The number of anilines is 1. The lowest BCUT2D eigenvalue weighted by Gasteiger charge is -2.49. The third kappa shape index (κ3) is 2.47. The molecule has 2 aliphatic rings. The zero-order chi connectivity index (χ0) is 15.0. The fourth-order valence-corrected chi connectivity index (χ4v) is 3.14. The number of aliphatic hydroxyl groups excluding tert-OH is 1. The molecule has 7 heteroatoms. The first kappa shape index (κ1) is 14.2. The van der Waals surface area contributed by atoms with E-state index in [1.807, 2.05) is 0 Å². The van der Waals surface area contributed by atoms with Crippen LogP contribution in [0.25, 0.3) is 0 Å². The summed E-state index contributed by atoms with van der Waals surface area (Å²) >= 11 is 0. The van der Waals surface area contributed by atoms with Crippen LogP contribution in [0.3, 0.4) is 0 Å². The maximum absolute atomic E-state index is 13.5. The summed E-state index contributed by atoms with van der Waals surface area (Å²) in [7, 11) is 0. The summed E-state index contributed by atoms with van der Waals surface area (Å²) in [4.78, 5) is 13.5. The average molecular weight is 298 g/mol. The van der Waals surface area contributed by atoms with E-state index >= 15 is 0 Å². The molecule has 0 aliphatic carbocycles. The maximum Gasteiger partial charge on any atom is 0.417 e. The minimum atomic E-state index is -1.17. The van der Waals surface area contributed by atoms with Crippen LogP contribution in [0.1, 0.15) is 19.3 Å². The van der Waals surface area contributed by atoms with E-state index in [2.05, 4.69) is 5.32 Å². The van der Waals surface area contributed by atoms with Crippen LogP contribution in [0, 0.1) is 11.6 Å². The zero-order valence-corrected chi connectivity index (χ0v) is 11.3. The van der Waals surface area contributed by atoms with Gasteiger partial charge in [-0.3, -0.25) is 4.90 Å². The molecule has 2 fully saturated rings. The molecule has 3 rings (SSSR count). The third-order valence-electron chi connectivity index (χ3n) is 4.14. The molecule has 1 spiro atoms. The lowest BCUT2D eigenvalue weighted by molar-refractivity contribution is -0.0894. The van der Waals surface area contributed by atoms with Gasteiger partial charge in [0.25, 0.3) is 0 Å². The number of benzene rings is 1. The molecule has 1 amide bonds. The predicted octanol–water partition coefficient (Wildman–Crippen LogP) is 1.75. The summed E-state index contributed by atoms with van der Waals surface area (Å²) in [5.41, 5.74) is -0.391. The number of piperidine rings is 1. The Morgan fingerprint density at radius 2 is 2.00 bits per heavy atom. The van der Waals surface area contributed by atoms with E-state index in [0.717, 1.165) is 12.1 Å². The number of hydrogen-bond acceptors (Lipinski definition) is 4. The molecule has 2 aliphatic heterocycles. The van der Waals surface area contributed by atoms with Gasteiger partial charge in [-0.15, -0.1) is 0 Å². The third-order valence-corrected chi connectivity index (χ3v) is 4.14. The predicted molar refractivity (Wildman–Crippen MR) is 70.8 cm³/mol. The van der Waals surface area contributed by atoms with Crippen molar-refractivity contribution in [2.75, 3.05) is 18.0 Å². The van der Waals surface area contributed by atoms with Crippen molar-refractivity contribution in [3.63, 3.8) is 0 Å². The number of hydrogen-bond donors (Lipinski definition) is 2. The number of halogens is 2.